The third-order valence-corrected chi connectivity index (χ3v) is 4.75. The van der Waals surface area contributed by atoms with E-state index in [9.17, 15) is 14.8 Å². The zero-order valence-corrected chi connectivity index (χ0v) is 12.3. The molecular weight excluding hydrogens is 331 g/mol. The SMILES string of the molecule is [O-][S+](c1ccc(Cl)cc1O)c1cc(Cl)c(Cl)cc1O. The van der Waals surface area contributed by atoms with Gasteiger partial charge < -0.3 is 14.8 Å². The van der Waals surface area contributed by atoms with Gasteiger partial charge in [0.2, 0.25) is 4.90 Å². The van der Waals surface area contributed by atoms with E-state index >= 15 is 0 Å². The molecule has 0 radical (unpaired) electrons. The van der Waals surface area contributed by atoms with Crippen LogP contribution in [0.4, 0.5) is 0 Å². The molecule has 3 nitrogen and oxygen atoms in total. The summed E-state index contributed by atoms with van der Waals surface area (Å²) in [4.78, 5) is 0.185. The molecule has 1 unspecified atom stereocenters. The molecule has 100 valence electrons. The summed E-state index contributed by atoms with van der Waals surface area (Å²) in [5.74, 6) is -0.488. The van der Waals surface area contributed by atoms with E-state index in [1.54, 1.807) is 0 Å². The van der Waals surface area contributed by atoms with Crippen LogP contribution in [-0.2, 0) is 11.2 Å². The maximum Gasteiger partial charge on any atom is 0.201 e. The molecule has 0 heterocycles. The van der Waals surface area contributed by atoms with E-state index in [-0.39, 0.29) is 31.3 Å². The van der Waals surface area contributed by atoms with Gasteiger partial charge in [-0.3, -0.25) is 0 Å². The third kappa shape index (κ3) is 3.04. The Bertz CT molecular complexity index is 634. The van der Waals surface area contributed by atoms with Gasteiger partial charge in [-0.05, 0) is 12.1 Å². The molecule has 0 aliphatic heterocycles. The highest BCUT2D eigenvalue weighted by Gasteiger charge is 2.24. The first kappa shape index (κ1) is 14.6. The van der Waals surface area contributed by atoms with Crippen LogP contribution in [0.3, 0.4) is 0 Å². The third-order valence-electron chi connectivity index (χ3n) is 2.32. The van der Waals surface area contributed by atoms with Crippen molar-refractivity contribution in [1.82, 2.24) is 0 Å². The standard InChI is InChI=1S/C12H7Cl3O3S/c13-6-1-2-11(9(16)3-6)19(18)12-5-8(15)7(14)4-10(12)17/h1-5,16-17H. The summed E-state index contributed by atoms with van der Waals surface area (Å²) in [6.45, 7) is 0. The molecule has 0 spiro atoms. The molecule has 0 bridgehead atoms. The molecule has 19 heavy (non-hydrogen) atoms. The van der Waals surface area contributed by atoms with Crippen LogP contribution in [-0.4, -0.2) is 14.8 Å². The Balaban J connectivity index is 2.49. The first-order chi connectivity index (χ1) is 8.90. The lowest BCUT2D eigenvalue weighted by Gasteiger charge is -2.13. The second-order valence-electron chi connectivity index (χ2n) is 3.61. The van der Waals surface area contributed by atoms with Crippen molar-refractivity contribution in [3.63, 3.8) is 0 Å². The van der Waals surface area contributed by atoms with Crippen molar-refractivity contribution in [2.45, 2.75) is 9.79 Å². The lowest BCUT2D eigenvalue weighted by atomic mass is 10.3. The molecule has 1 atom stereocenters. The van der Waals surface area contributed by atoms with Crippen molar-refractivity contribution in [2.75, 3.05) is 0 Å². The minimum Gasteiger partial charge on any atom is -0.606 e. The topological polar surface area (TPSA) is 63.5 Å². The van der Waals surface area contributed by atoms with Crippen LogP contribution in [0.15, 0.2) is 40.1 Å². The maximum absolute atomic E-state index is 12.3. The fraction of sp³-hybridized carbons (Fsp3) is 0. The van der Waals surface area contributed by atoms with Crippen LogP contribution >= 0.6 is 34.8 Å². The first-order valence-corrected chi connectivity index (χ1v) is 7.27. The van der Waals surface area contributed by atoms with Crippen LogP contribution < -0.4 is 0 Å². The molecular formula is C12H7Cl3O3S. The van der Waals surface area contributed by atoms with Gasteiger partial charge in [0.1, 0.15) is 0 Å². The Kier molecular flexibility index (Phi) is 4.38. The lowest BCUT2D eigenvalue weighted by Crippen LogP contribution is -2.03. The smallest absolute Gasteiger partial charge is 0.201 e. The van der Waals surface area contributed by atoms with E-state index < -0.39 is 11.2 Å². The number of hydrogen-bond acceptors (Lipinski definition) is 3. The number of halogens is 3. The average Bonchev–Trinajstić information content (AvgIpc) is 2.33. The summed E-state index contributed by atoms with van der Waals surface area (Å²) >= 11 is 15.5. The largest absolute Gasteiger partial charge is 0.606 e. The fourth-order valence-corrected chi connectivity index (χ4v) is 3.14. The molecule has 0 fully saturated rings. The van der Waals surface area contributed by atoms with Crippen LogP contribution in [0.2, 0.25) is 15.1 Å². The molecule has 7 heteroatoms. The number of aromatic hydroxyl groups is 2. The van der Waals surface area contributed by atoms with Crippen molar-refractivity contribution >= 4 is 46.0 Å². The van der Waals surface area contributed by atoms with E-state index in [0.29, 0.717) is 5.02 Å². The molecule has 2 aromatic rings. The predicted molar refractivity (Wildman–Crippen MR) is 75.9 cm³/mol. The van der Waals surface area contributed by atoms with Crippen molar-refractivity contribution in [3.05, 3.63) is 45.4 Å². The molecule has 0 aliphatic carbocycles. The summed E-state index contributed by atoms with van der Waals surface area (Å²) in [6, 6.07) is 6.66. The summed E-state index contributed by atoms with van der Waals surface area (Å²) in [5, 5.41) is 20.1. The quantitative estimate of drug-likeness (QED) is 0.806. The highest BCUT2D eigenvalue weighted by Crippen LogP contribution is 2.38. The Morgan fingerprint density at radius 2 is 1.42 bits per heavy atom. The van der Waals surface area contributed by atoms with Crippen LogP contribution in [0, 0.1) is 0 Å². The Labute approximate surface area is 127 Å². The van der Waals surface area contributed by atoms with Crippen LogP contribution in [0.1, 0.15) is 0 Å². The van der Waals surface area contributed by atoms with Crippen molar-refractivity contribution in [3.8, 4) is 11.5 Å². The second-order valence-corrected chi connectivity index (χ2v) is 6.28. The second kappa shape index (κ2) is 5.69. The van der Waals surface area contributed by atoms with E-state index in [0.717, 1.165) is 0 Å². The molecule has 0 saturated carbocycles. The number of hydrogen-bond donors (Lipinski definition) is 2. The van der Waals surface area contributed by atoms with Gasteiger partial charge in [0.05, 0.1) is 10.0 Å². The van der Waals surface area contributed by atoms with Gasteiger partial charge in [-0.25, -0.2) is 0 Å². The predicted octanol–water partition coefficient (Wildman–Crippen LogP) is 4.22. The van der Waals surface area contributed by atoms with E-state index in [4.69, 9.17) is 34.8 Å². The summed E-state index contributed by atoms with van der Waals surface area (Å²) in [7, 11) is 0. The summed E-state index contributed by atoms with van der Waals surface area (Å²) in [5.41, 5.74) is 0. The zero-order valence-electron chi connectivity index (χ0n) is 9.23. The monoisotopic (exact) mass is 336 g/mol. The molecule has 2 aromatic carbocycles. The van der Waals surface area contributed by atoms with Gasteiger partial charge in [0.25, 0.3) is 0 Å². The van der Waals surface area contributed by atoms with Crippen LogP contribution in [0.5, 0.6) is 11.5 Å². The van der Waals surface area contributed by atoms with Crippen molar-refractivity contribution in [1.29, 1.82) is 0 Å². The number of phenolic OH excluding ortho intramolecular Hbond substituents is 2. The van der Waals surface area contributed by atoms with Gasteiger partial charge in [0, 0.05) is 34.4 Å². The highest BCUT2D eigenvalue weighted by molar-refractivity contribution is 7.91. The molecule has 2 rings (SSSR count). The number of rotatable bonds is 2. The summed E-state index contributed by atoms with van der Waals surface area (Å²) in [6.07, 6.45) is 0. The highest BCUT2D eigenvalue weighted by atomic mass is 35.5. The van der Waals surface area contributed by atoms with Crippen LogP contribution in [0.25, 0.3) is 0 Å². The lowest BCUT2D eigenvalue weighted by molar-refractivity contribution is 0.453. The first-order valence-electron chi connectivity index (χ1n) is 4.98. The zero-order chi connectivity index (χ0) is 14.2. The fourth-order valence-electron chi connectivity index (χ4n) is 1.43. The molecule has 0 aliphatic rings. The van der Waals surface area contributed by atoms with Gasteiger partial charge >= 0.3 is 0 Å². The molecule has 0 aromatic heterocycles. The minimum atomic E-state index is -1.80. The van der Waals surface area contributed by atoms with E-state index in [1.165, 1.54) is 30.3 Å². The van der Waals surface area contributed by atoms with Gasteiger partial charge in [-0.1, -0.05) is 34.8 Å². The minimum absolute atomic E-state index is 0.0621. The Morgan fingerprint density at radius 3 is 2.05 bits per heavy atom. The van der Waals surface area contributed by atoms with E-state index in [2.05, 4.69) is 0 Å². The van der Waals surface area contributed by atoms with Crippen molar-refractivity contribution < 1.29 is 14.8 Å². The average molecular weight is 338 g/mol. The number of phenols is 2. The van der Waals surface area contributed by atoms with E-state index in [1.807, 2.05) is 0 Å². The summed E-state index contributed by atoms with van der Waals surface area (Å²) < 4.78 is 12.3. The normalized spacial score (nSPS) is 12.4. The molecule has 0 saturated heterocycles. The molecule has 0 amide bonds. The molecule has 2 N–H and O–H groups in total. The van der Waals surface area contributed by atoms with Crippen molar-refractivity contribution in [2.24, 2.45) is 0 Å². The Hall–Kier alpha value is -0.780. The van der Waals surface area contributed by atoms with Gasteiger partial charge in [-0.15, -0.1) is 0 Å². The maximum atomic E-state index is 12.3. The number of benzene rings is 2. The van der Waals surface area contributed by atoms with Gasteiger partial charge in [-0.2, -0.15) is 0 Å². The van der Waals surface area contributed by atoms with Gasteiger partial charge in [0.15, 0.2) is 16.4 Å². The Morgan fingerprint density at radius 1 is 0.842 bits per heavy atom.